The second-order valence-corrected chi connectivity index (χ2v) is 5.48. The van der Waals surface area contributed by atoms with E-state index in [4.69, 9.17) is 4.98 Å². The number of nitrogens with one attached hydrogen (secondary N) is 1. The Balaban J connectivity index is 1.88. The summed E-state index contributed by atoms with van der Waals surface area (Å²) in [4.78, 5) is 4.79. The molecular weight excluding hydrogens is 222 g/mol. The summed E-state index contributed by atoms with van der Waals surface area (Å²) in [6.45, 7) is 5.38. The van der Waals surface area contributed by atoms with Crippen LogP contribution in [0.5, 0.6) is 0 Å². The molecule has 3 heteroatoms. The highest BCUT2D eigenvalue weighted by atomic mass is 15.1. The van der Waals surface area contributed by atoms with Crippen molar-refractivity contribution in [3.05, 3.63) is 30.1 Å². The molecule has 1 heterocycles. The quantitative estimate of drug-likeness (QED) is 0.875. The largest absolute Gasteiger partial charge is 0.325 e. The van der Waals surface area contributed by atoms with Crippen molar-refractivity contribution in [1.82, 2.24) is 14.9 Å². The molecule has 3 nitrogen and oxygen atoms in total. The van der Waals surface area contributed by atoms with Crippen LogP contribution in [0.25, 0.3) is 11.0 Å². The van der Waals surface area contributed by atoms with Gasteiger partial charge in [-0.1, -0.05) is 26.0 Å². The number of nitrogens with zero attached hydrogens (tertiary/aromatic N) is 2. The maximum Gasteiger partial charge on any atom is 0.111 e. The van der Waals surface area contributed by atoms with E-state index in [2.05, 4.69) is 48.0 Å². The Morgan fingerprint density at radius 1 is 1.33 bits per heavy atom. The van der Waals surface area contributed by atoms with Crippen LogP contribution in [0.2, 0.25) is 0 Å². The van der Waals surface area contributed by atoms with Gasteiger partial charge in [0.1, 0.15) is 5.82 Å². The Morgan fingerprint density at radius 3 is 2.83 bits per heavy atom. The molecule has 96 valence electrons. The van der Waals surface area contributed by atoms with Gasteiger partial charge in [-0.3, -0.25) is 0 Å². The van der Waals surface area contributed by atoms with E-state index in [0.29, 0.717) is 12.1 Å². The van der Waals surface area contributed by atoms with Crippen LogP contribution in [0.15, 0.2) is 24.3 Å². The molecule has 1 aliphatic carbocycles. The van der Waals surface area contributed by atoms with Crippen molar-refractivity contribution in [1.29, 1.82) is 0 Å². The number of hydrogen-bond acceptors (Lipinski definition) is 2. The average molecular weight is 243 g/mol. The Labute approximate surface area is 108 Å². The Bertz CT molecular complexity index is 538. The summed E-state index contributed by atoms with van der Waals surface area (Å²) in [5, 5.41) is 3.47. The first-order valence-corrected chi connectivity index (χ1v) is 6.95. The summed E-state index contributed by atoms with van der Waals surface area (Å²) >= 11 is 0. The van der Waals surface area contributed by atoms with Gasteiger partial charge >= 0.3 is 0 Å². The van der Waals surface area contributed by atoms with Gasteiger partial charge in [0.25, 0.3) is 0 Å². The molecule has 0 bridgehead atoms. The maximum absolute atomic E-state index is 4.79. The fraction of sp³-hybridized carbons (Fsp3) is 0.533. The summed E-state index contributed by atoms with van der Waals surface area (Å²) in [6.07, 6.45) is 3.64. The van der Waals surface area contributed by atoms with Crippen LogP contribution >= 0.6 is 0 Å². The first-order chi connectivity index (χ1) is 8.75. The summed E-state index contributed by atoms with van der Waals surface area (Å²) in [5.74, 6) is 1.24. The minimum atomic E-state index is 0.545. The third-order valence-electron chi connectivity index (χ3n) is 3.48. The van der Waals surface area contributed by atoms with E-state index in [9.17, 15) is 0 Å². The highest BCUT2D eigenvalue weighted by Crippen LogP contribution is 2.38. The Kier molecular flexibility index (Phi) is 3.08. The molecule has 1 aromatic heterocycles. The molecule has 2 aromatic rings. The minimum Gasteiger partial charge on any atom is -0.325 e. The van der Waals surface area contributed by atoms with Crippen molar-refractivity contribution in [2.45, 2.75) is 45.2 Å². The molecule has 0 aliphatic heterocycles. The molecule has 1 aliphatic rings. The van der Waals surface area contributed by atoms with Crippen molar-refractivity contribution >= 4 is 11.0 Å². The minimum absolute atomic E-state index is 0.545. The number of fused-ring (bicyclic) bond motifs is 1. The molecule has 0 spiro atoms. The maximum atomic E-state index is 4.79. The van der Waals surface area contributed by atoms with Crippen LogP contribution in [0.1, 0.15) is 38.6 Å². The van der Waals surface area contributed by atoms with Crippen LogP contribution in [-0.2, 0) is 6.42 Å². The Morgan fingerprint density at radius 2 is 2.11 bits per heavy atom. The zero-order valence-electron chi connectivity index (χ0n) is 11.2. The third-order valence-corrected chi connectivity index (χ3v) is 3.48. The molecule has 1 fully saturated rings. The molecule has 18 heavy (non-hydrogen) atoms. The van der Waals surface area contributed by atoms with E-state index in [1.165, 1.54) is 24.2 Å². The SMILES string of the molecule is CC(C)NCCc1nc2ccccc2n1C1CC1. The Hall–Kier alpha value is -1.35. The zero-order chi connectivity index (χ0) is 12.5. The molecule has 1 aromatic carbocycles. The molecule has 0 atom stereocenters. The highest BCUT2D eigenvalue weighted by molar-refractivity contribution is 5.76. The van der Waals surface area contributed by atoms with Crippen LogP contribution in [0, 0.1) is 0 Å². The predicted octanol–water partition coefficient (Wildman–Crippen LogP) is 2.91. The van der Waals surface area contributed by atoms with Crippen molar-refractivity contribution < 1.29 is 0 Å². The lowest BCUT2D eigenvalue weighted by Crippen LogP contribution is -2.25. The number of aromatic nitrogens is 2. The third kappa shape index (κ3) is 2.27. The monoisotopic (exact) mass is 243 g/mol. The molecule has 1 saturated carbocycles. The van der Waals surface area contributed by atoms with Crippen molar-refractivity contribution in [2.24, 2.45) is 0 Å². The summed E-state index contributed by atoms with van der Waals surface area (Å²) in [7, 11) is 0. The molecule has 0 saturated heterocycles. The van der Waals surface area contributed by atoms with Crippen LogP contribution in [-0.4, -0.2) is 22.1 Å². The lowest BCUT2D eigenvalue weighted by atomic mass is 10.3. The normalized spacial score (nSPS) is 15.7. The second kappa shape index (κ2) is 4.73. The number of hydrogen-bond donors (Lipinski definition) is 1. The van der Waals surface area contributed by atoms with E-state index in [0.717, 1.165) is 18.5 Å². The van der Waals surface area contributed by atoms with Gasteiger partial charge in [0, 0.05) is 25.0 Å². The molecule has 0 radical (unpaired) electrons. The van der Waals surface area contributed by atoms with Gasteiger partial charge in [0.15, 0.2) is 0 Å². The highest BCUT2D eigenvalue weighted by Gasteiger charge is 2.27. The van der Waals surface area contributed by atoms with Crippen molar-refractivity contribution in [2.75, 3.05) is 6.54 Å². The smallest absolute Gasteiger partial charge is 0.111 e. The molecule has 0 amide bonds. The lowest BCUT2D eigenvalue weighted by Gasteiger charge is -2.10. The summed E-state index contributed by atoms with van der Waals surface area (Å²) in [6, 6.07) is 9.74. The van der Waals surface area contributed by atoms with Gasteiger partial charge in [0.2, 0.25) is 0 Å². The van der Waals surface area contributed by atoms with Gasteiger partial charge in [-0.05, 0) is 25.0 Å². The van der Waals surface area contributed by atoms with Gasteiger partial charge in [0.05, 0.1) is 11.0 Å². The van der Waals surface area contributed by atoms with Crippen LogP contribution in [0.4, 0.5) is 0 Å². The van der Waals surface area contributed by atoms with Crippen LogP contribution < -0.4 is 5.32 Å². The van der Waals surface area contributed by atoms with E-state index in [-0.39, 0.29) is 0 Å². The van der Waals surface area contributed by atoms with E-state index in [1.807, 2.05) is 0 Å². The molecule has 0 unspecified atom stereocenters. The number of imidazole rings is 1. The fourth-order valence-electron chi connectivity index (χ4n) is 2.48. The zero-order valence-corrected chi connectivity index (χ0v) is 11.2. The van der Waals surface area contributed by atoms with Gasteiger partial charge in [-0.25, -0.2) is 4.98 Å². The van der Waals surface area contributed by atoms with Crippen molar-refractivity contribution in [3.8, 4) is 0 Å². The van der Waals surface area contributed by atoms with E-state index in [1.54, 1.807) is 0 Å². The van der Waals surface area contributed by atoms with Crippen LogP contribution in [0.3, 0.4) is 0 Å². The van der Waals surface area contributed by atoms with E-state index < -0.39 is 0 Å². The molecule has 3 rings (SSSR count). The molecular formula is C15H21N3. The number of rotatable bonds is 5. The first-order valence-electron chi connectivity index (χ1n) is 6.95. The standard InChI is InChI=1S/C15H21N3/c1-11(2)16-10-9-15-17-13-5-3-4-6-14(13)18(15)12-7-8-12/h3-6,11-12,16H,7-10H2,1-2H3. The summed E-state index contributed by atoms with van der Waals surface area (Å²) < 4.78 is 2.46. The second-order valence-electron chi connectivity index (χ2n) is 5.48. The topological polar surface area (TPSA) is 29.9 Å². The van der Waals surface area contributed by atoms with E-state index >= 15 is 0 Å². The van der Waals surface area contributed by atoms with Gasteiger partial charge in [-0.2, -0.15) is 0 Å². The summed E-state index contributed by atoms with van der Waals surface area (Å²) in [5.41, 5.74) is 2.45. The number of para-hydroxylation sites is 2. The van der Waals surface area contributed by atoms with Crippen molar-refractivity contribution in [3.63, 3.8) is 0 Å². The predicted molar refractivity (Wildman–Crippen MR) is 74.8 cm³/mol. The lowest BCUT2D eigenvalue weighted by molar-refractivity contribution is 0.571. The number of benzene rings is 1. The molecule has 1 N–H and O–H groups in total. The average Bonchev–Trinajstić information content (AvgIpc) is 3.10. The fourth-order valence-corrected chi connectivity index (χ4v) is 2.48. The first kappa shape index (κ1) is 11.7. The van der Waals surface area contributed by atoms with Gasteiger partial charge in [-0.15, -0.1) is 0 Å². The van der Waals surface area contributed by atoms with Gasteiger partial charge < -0.3 is 9.88 Å².